The molecule has 0 radical (unpaired) electrons. The Morgan fingerprint density at radius 1 is 1.03 bits per heavy atom. The fourth-order valence-corrected chi connectivity index (χ4v) is 2.77. The summed E-state index contributed by atoms with van der Waals surface area (Å²) >= 11 is 0. The molecule has 0 amide bonds. The number of halogens is 1. The zero-order valence-corrected chi connectivity index (χ0v) is 19.7. The van der Waals surface area contributed by atoms with Crippen molar-refractivity contribution >= 4 is 29.9 Å². The van der Waals surface area contributed by atoms with Crippen LogP contribution in [0.25, 0.3) is 0 Å². The zero-order valence-electron chi connectivity index (χ0n) is 17.4. The van der Waals surface area contributed by atoms with Gasteiger partial charge in [-0.3, -0.25) is 4.68 Å². The predicted octanol–water partition coefficient (Wildman–Crippen LogP) is 3.31. The summed E-state index contributed by atoms with van der Waals surface area (Å²) in [6.07, 6.45) is 2.44. The van der Waals surface area contributed by atoms with E-state index in [1.807, 2.05) is 44.3 Å². The van der Waals surface area contributed by atoms with E-state index in [-0.39, 0.29) is 24.0 Å². The largest absolute Gasteiger partial charge is 0.489 e. The minimum Gasteiger partial charge on any atom is -0.489 e. The summed E-state index contributed by atoms with van der Waals surface area (Å²) in [5.41, 5.74) is 2.41. The first kappa shape index (κ1) is 23.7. The van der Waals surface area contributed by atoms with Crippen LogP contribution in [0.5, 0.6) is 5.75 Å². The number of benzene rings is 2. The third-order valence-corrected chi connectivity index (χ3v) is 4.41. The van der Waals surface area contributed by atoms with Crippen molar-refractivity contribution in [3.63, 3.8) is 0 Å². The Balaban J connectivity index is 0.00000320. The second kappa shape index (κ2) is 12.8. The van der Waals surface area contributed by atoms with Gasteiger partial charge in [0.05, 0.1) is 0 Å². The van der Waals surface area contributed by atoms with E-state index in [9.17, 15) is 0 Å². The molecule has 0 atom stereocenters. The topological polar surface area (TPSA) is 76.4 Å². The molecule has 0 unspecified atom stereocenters. The van der Waals surface area contributed by atoms with Crippen LogP contribution in [0.15, 0.2) is 65.9 Å². The summed E-state index contributed by atoms with van der Waals surface area (Å²) in [5, 5.41) is 10.7. The summed E-state index contributed by atoms with van der Waals surface area (Å²) in [6.45, 7) is 4.70. The maximum absolute atomic E-state index is 5.84. The van der Waals surface area contributed by atoms with Crippen molar-refractivity contribution in [2.24, 2.45) is 12.0 Å². The second-order valence-corrected chi connectivity index (χ2v) is 6.59. The molecule has 30 heavy (non-hydrogen) atoms. The SMILES string of the molecule is CCNC(=NCc1ncnn1C)NCCc1ccc(OCc2ccccc2)cc1.I. The van der Waals surface area contributed by atoms with E-state index in [4.69, 9.17) is 4.74 Å². The molecule has 0 spiro atoms. The number of guanidine groups is 1. The second-order valence-electron chi connectivity index (χ2n) is 6.59. The Hall–Kier alpha value is -2.62. The smallest absolute Gasteiger partial charge is 0.191 e. The van der Waals surface area contributed by atoms with Gasteiger partial charge in [0.25, 0.3) is 0 Å². The number of aryl methyl sites for hydroxylation is 1. The quantitative estimate of drug-likeness (QED) is 0.257. The van der Waals surface area contributed by atoms with Crippen LogP contribution in [0.3, 0.4) is 0 Å². The third kappa shape index (κ3) is 7.66. The molecule has 0 saturated carbocycles. The molecule has 0 fully saturated rings. The molecule has 7 nitrogen and oxygen atoms in total. The van der Waals surface area contributed by atoms with Crippen LogP contribution in [0.4, 0.5) is 0 Å². The van der Waals surface area contributed by atoms with Gasteiger partial charge in [-0.25, -0.2) is 9.98 Å². The maximum Gasteiger partial charge on any atom is 0.191 e. The molecule has 0 aliphatic rings. The molecule has 2 aromatic carbocycles. The highest BCUT2D eigenvalue weighted by atomic mass is 127. The first-order valence-corrected chi connectivity index (χ1v) is 9.85. The van der Waals surface area contributed by atoms with Crippen molar-refractivity contribution in [3.8, 4) is 5.75 Å². The Morgan fingerprint density at radius 2 is 1.80 bits per heavy atom. The van der Waals surface area contributed by atoms with Gasteiger partial charge in [-0.15, -0.1) is 24.0 Å². The van der Waals surface area contributed by atoms with Gasteiger partial charge in [-0.1, -0.05) is 42.5 Å². The third-order valence-electron chi connectivity index (χ3n) is 4.41. The van der Waals surface area contributed by atoms with Crippen molar-refractivity contribution in [1.82, 2.24) is 25.4 Å². The monoisotopic (exact) mass is 520 g/mol. The molecule has 0 saturated heterocycles. The van der Waals surface area contributed by atoms with Crippen molar-refractivity contribution in [3.05, 3.63) is 77.9 Å². The Kier molecular flexibility index (Phi) is 10.1. The Labute approximate surface area is 195 Å². The Morgan fingerprint density at radius 3 is 2.47 bits per heavy atom. The number of rotatable bonds is 9. The maximum atomic E-state index is 5.84. The lowest BCUT2D eigenvalue weighted by Crippen LogP contribution is -2.38. The fourth-order valence-electron chi connectivity index (χ4n) is 2.77. The summed E-state index contributed by atoms with van der Waals surface area (Å²) in [7, 11) is 1.87. The summed E-state index contributed by atoms with van der Waals surface area (Å²) < 4.78 is 7.57. The average molecular weight is 520 g/mol. The van der Waals surface area contributed by atoms with E-state index in [0.29, 0.717) is 13.2 Å². The number of hydrogen-bond donors (Lipinski definition) is 2. The van der Waals surface area contributed by atoms with E-state index in [2.05, 4.69) is 50.0 Å². The molecule has 1 aromatic heterocycles. The Bertz CT molecular complexity index is 896. The van der Waals surface area contributed by atoms with Gasteiger partial charge in [0.15, 0.2) is 5.96 Å². The number of aliphatic imine (C=N–C) groups is 1. The number of ether oxygens (including phenoxy) is 1. The molecule has 0 aliphatic carbocycles. The van der Waals surface area contributed by atoms with Crippen molar-refractivity contribution in [2.45, 2.75) is 26.5 Å². The normalized spacial score (nSPS) is 10.9. The number of nitrogens with one attached hydrogen (secondary N) is 2. The lowest BCUT2D eigenvalue weighted by atomic mass is 10.1. The van der Waals surface area contributed by atoms with Crippen LogP contribution in [0.2, 0.25) is 0 Å². The van der Waals surface area contributed by atoms with Gasteiger partial charge >= 0.3 is 0 Å². The zero-order chi connectivity index (χ0) is 20.3. The van der Waals surface area contributed by atoms with Gasteiger partial charge < -0.3 is 15.4 Å². The lowest BCUT2D eigenvalue weighted by Gasteiger charge is -2.11. The highest BCUT2D eigenvalue weighted by Crippen LogP contribution is 2.14. The standard InChI is InChI=1S/C22H28N6O.HI/c1-3-23-22(25-15-21-26-17-27-28(21)2)24-14-13-18-9-11-20(12-10-18)29-16-19-7-5-4-6-8-19;/h4-12,17H,3,13-16H2,1-2H3,(H2,23,24,25);1H. The molecule has 8 heteroatoms. The molecule has 2 N–H and O–H groups in total. The van der Waals surface area contributed by atoms with E-state index >= 15 is 0 Å². The van der Waals surface area contributed by atoms with E-state index < -0.39 is 0 Å². The number of aromatic nitrogens is 3. The van der Waals surface area contributed by atoms with Crippen LogP contribution in [0.1, 0.15) is 23.9 Å². The lowest BCUT2D eigenvalue weighted by molar-refractivity contribution is 0.306. The summed E-state index contributed by atoms with van der Waals surface area (Å²) in [4.78, 5) is 8.76. The van der Waals surface area contributed by atoms with E-state index in [0.717, 1.165) is 42.6 Å². The van der Waals surface area contributed by atoms with Gasteiger partial charge in [0.2, 0.25) is 0 Å². The first-order chi connectivity index (χ1) is 14.2. The average Bonchev–Trinajstić information content (AvgIpc) is 3.17. The number of nitrogens with zero attached hydrogens (tertiary/aromatic N) is 4. The minimum absolute atomic E-state index is 0. The van der Waals surface area contributed by atoms with Gasteiger partial charge in [0, 0.05) is 20.1 Å². The molecular formula is C22H29IN6O. The van der Waals surface area contributed by atoms with Gasteiger partial charge in [-0.05, 0) is 36.6 Å². The van der Waals surface area contributed by atoms with Crippen molar-refractivity contribution in [2.75, 3.05) is 13.1 Å². The van der Waals surface area contributed by atoms with E-state index in [1.165, 1.54) is 5.56 Å². The molecular weight excluding hydrogens is 491 g/mol. The number of hydrogen-bond acceptors (Lipinski definition) is 4. The highest BCUT2D eigenvalue weighted by molar-refractivity contribution is 14.0. The highest BCUT2D eigenvalue weighted by Gasteiger charge is 2.02. The van der Waals surface area contributed by atoms with Gasteiger partial charge in [-0.2, -0.15) is 5.10 Å². The molecule has 3 rings (SSSR count). The molecule has 1 heterocycles. The van der Waals surface area contributed by atoms with Crippen molar-refractivity contribution < 1.29 is 4.74 Å². The van der Waals surface area contributed by atoms with Crippen LogP contribution >= 0.6 is 24.0 Å². The molecule has 0 bridgehead atoms. The van der Waals surface area contributed by atoms with Crippen molar-refractivity contribution in [1.29, 1.82) is 0 Å². The summed E-state index contributed by atoms with van der Waals surface area (Å²) in [5.74, 6) is 2.48. The fraction of sp³-hybridized carbons (Fsp3) is 0.318. The van der Waals surface area contributed by atoms with E-state index in [1.54, 1.807) is 11.0 Å². The van der Waals surface area contributed by atoms with Crippen LogP contribution in [0, 0.1) is 0 Å². The predicted molar refractivity (Wildman–Crippen MR) is 130 cm³/mol. The molecule has 3 aromatic rings. The van der Waals surface area contributed by atoms with Crippen LogP contribution in [-0.2, 0) is 26.6 Å². The minimum atomic E-state index is 0. The molecule has 160 valence electrons. The summed E-state index contributed by atoms with van der Waals surface area (Å²) in [6, 6.07) is 18.4. The first-order valence-electron chi connectivity index (χ1n) is 9.85. The van der Waals surface area contributed by atoms with Crippen LogP contribution < -0.4 is 15.4 Å². The van der Waals surface area contributed by atoms with Gasteiger partial charge in [0.1, 0.15) is 31.1 Å². The molecule has 0 aliphatic heterocycles. The van der Waals surface area contributed by atoms with Crippen LogP contribution in [-0.4, -0.2) is 33.8 Å².